The van der Waals surface area contributed by atoms with Crippen LogP contribution in [-0.4, -0.2) is 15.2 Å². The van der Waals surface area contributed by atoms with Crippen LogP contribution in [0.4, 0.5) is 0 Å². The molecule has 2 heterocycles. The molecular weight excluding hydrogens is 344 g/mol. The normalized spacial score (nSPS) is 35.7. The third-order valence-electron chi connectivity index (χ3n) is 8.98. The Morgan fingerprint density at radius 1 is 0.923 bits per heavy atom. The van der Waals surface area contributed by atoms with Crippen molar-refractivity contribution in [2.45, 2.75) is 117 Å². The Balaban J connectivity index is 2.95. The fourth-order valence-electron chi connectivity index (χ4n) is 9.58. The Morgan fingerprint density at radius 3 is 1.58 bits per heavy atom. The summed E-state index contributed by atoms with van der Waals surface area (Å²) in [5.41, 5.74) is 6.63. The molecule has 0 aliphatic carbocycles. The Bertz CT molecular complexity index is 611. The van der Waals surface area contributed by atoms with E-state index < -0.39 is 15.2 Å². The van der Waals surface area contributed by atoms with Crippen LogP contribution in [0.25, 0.3) is 0 Å². The Morgan fingerprint density at radius 2 is 1.31 bits per heavy atom. The molecule has 2 bridgehead atoms. The summed E-state index contributed by atoms with van der Waals surface area (Å²) in [5, 5.41) is 1.16. The van der Waals surface area contributed by atoms with E-state index in [0.29, 0.717) is 20.5 Å². The van der Waals surface area contributed by atoms with E-state index in [1.807, 2.05) is 0 Å². The second-order valence-electron chi connectivity index (χ2n) is 13.3. The highest BCUT2D eigenvalue weighted by Gasteiger charge is 2.77. The zero-order valence-electron chi connectivity index (χ0n) is 20.2. The first-order valence-corrected chi connectivity index (χ1v) is 16.1. The highest BCUT2D eigenvalue weighted by atomic mass is 29.3. The van der Waals surface area contributed by atoms with Crippen molar-refractivity contribution in [1.29, 1.82) is 0 Å². The van der Waals surface area contributed by atoms with Crippen molar-refractivity contribution in [3.8, 4) is 0 Å². The van der Waals surface area contributed by atoms with Gasteiger partial charge in [0.2, 0.25) is 0 Å². The van der Waals surface area contributed by atoms with Crippen LogP contribution in [0.15, 0.2) is 23.4 Å². The summed E-state index contributed by atoms with van der Waals surface area (Å²) < 4.78 is 0. The van der Waals surface area contributed by atoms with E-state index in [9.17, 15) is 0 Å². The molecule has 0 nitrogen and oxygen atoms in total. The predicted molar refractivity (Wildman–Crippen MR) is 125 cm³/mol. The summed E-state index contributed by atoms with van der Waals surface area (Å²) in [6.07, 6.45) is 0. The average molecular weight is 391 g/mol. The monoisotopic (exact) mass is 390 g/mol. The van der Waals surface area contributed by atoms with Gasteiger partial charge in [0.25, 0.3) is 0 Å². The van der Waals surface area contributed by atoms with E-state index in [1.54, 1.807) is 5.57 Å². The minimum atomic E-state index is -1.78. The molecule has 1 saturated heterocycles. The van der Waals surface area contributed by atoms with Gasteiger partial charge in [-0.1, -0.05) is 99.6 Å². The zero-order valence-corrected chi connectivity index (χ0v) is 22.2. The highest BCUT2D eigenvalue weighted by Crippen LogP contribution is 2.77. The molecule has 2 rings (SSSR count). The van der Waals surface area contributed by atoms with E-state index in [0.717, 1.165) is 0 Å². The van der Waals surface area contributed by atoms with Crippen molar-refractivity contribution in [1.82, 2.24) is 0 Å². The van der Waals surface area contributed by atoms with Crippen LogP contribution < -0.4 is 0 Å². The Labute approximate surface area is 166 Å². The lowest BCUT2D eigenvalue weighted by Gasteiger charge is -2.66. The second kappa shape index (κ2) is 5.50. The zero-order chi connectivity index (χ0) is 20.8. The van der Waals surface area contributed by atoms with Crippen LogP contribution >= 0.6 is 0 Å². The van der Waals surface area contributed by atoms with E-state index in [4.69, 9.17) is 0 Å². The molecule has 1 fully saturated rings. The fraction of sp³-hybridized carbons (Fsp3) is 0.833. The third kappa shape index (κ3) is 2.30. The van der Waals surface area contributed by atoms with Crippen molar-refractivity contribution < 1.29 is 0 Å². The number of rotatable bonds is 2. The number of hydrogen-bond acceptors (Lipinski definition) is 0. The molecule has 0 aromatic rings. The third-order valence-corrected chi connectivity index (χ3v) is 33.6. The Kier molecular flexibility index (Phi) is 4.69. The molecule has 2 aliphatic rings. The predicted octanol–water partition coefficient (Wildman–Crippen LogP) is 8.46. The van der Waals surface area contributed by atoms with Gasteiger partial charge in [-0.2, -0.15) is 0 Å². The first-order valence-electron chi connectivity index (χ1n) is 10.6. The molecule has 0 spiro atoms. The van der Waals surface area contributed by atoms with Crippen molar-refractivity contribution in [3.05, 3.63) is 23.4 Å². The molecule has 3 atom stereocenters. The first-order chi connectivity index (χ1) is 11.2. The summed E-state index contributed by atoms with van der Waals surface area (Å²) in [6.45, 7) is 37.7. The molecule has 26 heavy (non-hydrogen) atoms. The average Bonchev–Trinajstić information content (AvgIpc) is 2.68. The van der Waals surface area contributed by atoms with E-state index in [2.05, 4.69) is 102 Å². The van der Waals surface area contributed by atoms with Gasteiger partial charge in [-0.15, -0.1) is 0 Å². The van der Waals surface area contributed by atoms with E-state index >= 15 is 0 Å². The number of fused-ring (bicyclic) bond motifs is 2. The molecule has 0 N–H and O–H groups in total. The minimum absolute atomic E-state index is 0.276. The molecule has 0 amide bonds. The van der Waals surface area contributed by atoms with E-state index in [-0.39, 0.29) is 5.41 Å². The number of hydrogen-bond donors (Lipinski definition) is 0. The SMILES string of the molecule is C=C(C)C1(C)C[Si]2([Si](C(C)(C)C)(C(C)(C)C)C(C)(C)C)C=C(C)C1(C)C2. The van der Waals surface area contributed by atoms with Crippen LogP contribution in [0.3, 0.4) is 0 Å². The second-order valence-corrected chi connectivity index (χ2v) is 27.8. The molecular formula is C24H46Si2. The molecule has 2 heteroatoms. The van der Waals surface area contributed by atoms with Gasteiger partial charge in [0.1, 0.15) is 0 Å². The van der Waals surface area contributed by atoms with Crippen molar-refractivity contribution in [2.75, 3.05) is 0 Å². The summed E-state index contributed by atoms with van der Waals surface area (Å²) in [6, 6.07) is 2.90. The van der Waals surface area contributed by atoms with Crippen LogP contribution in [0.5, 0.6) is 0 Å². The van der Waals surface area contributed by atoms with Crippen molar-refractivity contribution in [2.24, 2.45) is 10.8 Å². The standard InChI is InChI=1S/C24H46Si2/c1-18(2)23(13)16-25(15-19(3)24(23,14)17-25)26(20(4,5)6,21(7,8)9)22(10,11)12/h15H,1,16-17H2,2-14H3. The maximum absolute atomic E-state index is 4.52. The van der Waals surface area contributed by atoms with Gasteiger partial charge in [0, 0.05) is 0 Å². The van der Waals surface area contributed by atoms with Gasteiger partial charge in [0.15, 0.2) is 0 Å². The van der Waals surface area contributed by atoms with Crippen molar-refractivity contribution in [3.63, 3.8) is 0 Å². The molecule has 150 valence electrons. The molecule has 3 unspecified atom stereocenters. The largest absolute Gasteiger partial charge is 0.0996 e. The maximum Gasteiger partial charge on any atom is 0.0744 e. The van der Waals surface area contributed by atoms with Crippen molar-refractivity contribution >= 4 is 15.2 Å². The fourth-order valence-corrected chi connectivity index (χ4v) is 45.4. The molecule has 0 aromatic carbocycles. The lowest BCUT2D eigenvalue weighted by molar-refractivity contribution is 0.221. The van der Waals surface area contributed by atoms with Crippen LogP contribution in [-0.2, 0) is 0 Å². The van der Waals surface area contributed by atoms with E-state index in [1.165, 1.54) is 17.7 Å². The van der Waals surface area contributed by atoms with Gasteiger partial charge >= 0.3 is 0 Å². The first kappa shape index (κ1) is 22.2. The van der Waals surface area contributed by atoms with Gasteiger partial charge in [-0.25, -0.2) is 0 Å². The van der Waals surface area contributed by atoms with Crippen LogP contribution in [0, 0.1) is 10.8 Å². The van der Waals surface area contributed by atoms with Crippen LogP contribution in [0.1, 0.15) is 90.0 Å². The maximum atomic E-state index is 4.52. The Hall–Kier alpha value is -0.0862. The summed E-state index contributed by atoms with van der Waals surface area (Å²) >= 11 is 0. The van der Waals surface area contributed by atoms with Gasteiger partial charge in [0.05, 0.1) is 15.2 Å². The highest BCUT2D eigenvalue weighted by molar-refractivity contribution is 7.47. The molecule has 0 radical (unpaired) electrons. The summed E-state index contributed by atoms with van der Waals surface area (Å²) in [4.78, 5) is 0. The minimum Gasteiger partial charge on any atom is -0.0996 e. The molecule has 0 saturated carbocycles. The summed E-state index contributed by atoms with van der Waals surface area (Å²) in [5.74, 6) is 0. The quantitative estimate of drug-likeness (QED) is 0.327. The van der Waals surface area contributed by atoms with Gasteiger partial charge in [-0.05, 0) is 51.9 Å². The van der Waals surface area contributed by atoms with Gasteiger partial charge < -0.3 is 0 Å². The summed E-state index contributed by atoms with van der Waals surface area (Å²) in [7, 11) is -3.41. The topological polar surface area (TPSA) is 0 Å². The molecule has 0 aromatic heterocycles. The molecule has 2 aliphatic heterocycles. The van der Waals surface area contributed by atoms with Crippen LogP contribution in [0.2, 0.25) is 27.2 Å². The lowest BCUT2D eigenvalue weighted by Crippen LogP contribution is -2.74. The smallest absolute Gasteiger partial charge is 0.0744 e. The number of allylic oxidation sites excluding steroid dienone is 2. The lowest BCUT2D eigenvalue weighted by atomic mass is 9.61. The van der Waals surface area contributed by atoms with Gasteiger partial charge in [-0.3, -0.25) is 0 Å².